The second-order valence-electron chi connectivity index (χ2n) is 6.82. The third-order valence-electron chi connectivity index (χ3n) is 4.72. The lowest BCUT2D eigenvalue weighted by Gasteiger charge is -2.14. The van der Waals surface area contributed by atoms with Gasteiger partial charge in [-0.25, -0.2) is 0 Å². The summed E-state index contributed by atoms with van der Waals surface area (Å²) in [4.78, 5) is 4.93. The molecule has 0 atom stereocenters. The van der Waals surface area contributed by atoms with E-state index >= 15 is 0 Å². The van der Waals surface area contributed by atoms with Gasteiger partial charge < -0.3 is 9.13 Å². The zero-order valence-corrected chi connectivity index (χ0v) is 15.3. The van der Waals surface area contributed by atoms with Crippen molar-refractivity contribution in [2.24, 2.45) is 0 Å². The monoisotopic (exact) mass is 341 g/mol. The Morgan fingerprint density at radius 3 is 1.62 bits per heavy atom. The van der Waals surface area contributed by atoms with Crippen LogP contribution in [0.4, 0.5) is 0 Å². The molecule has 0 amide bonds. The molecule has 0 fully saturated rings. The van der Waals surface area contributed by atoms with E-state index in [4.69, 9.17) is 4.98 Å². The third-order valence-corrected chi connectivity index (χ3v) is 4.72. The number of hydrogen-bond donors (Lipinski definition) is 0. The molecule has 3 nitrogen and oxygen atoms in total. The standard InChI is InChI=1S/C23H23N3/c1-18-8-7-9-19(2)23(18)20-14-21(16-25-10-3-4-11-25)24-22(15-20)17-26-12-5-6-13-26/h3-15H,16-17H2,1-2H3. The molecule has 0 bridgehead atoms. The molecule has 0 spiro atoms. The van der Waals surface area contributed by atoms with E-state index in [0.29, 0.717) is 0 Å². The summed E-state index contributed by atoms with van der Waals surface area (Å²) in [5.41, 5.74) is 7.34. The van der Waals surface area contributed by atoms with Gasteiger partial charge in [0.15, 0.2) is 0 Å². The number of benzene rings is 1. The van der Waals surface area contributed by atoms with Gasteiger partial charge in [-0.15, -0.1) is 0 Å². The maximum Gasteiger partial charge on any atom is 0.0643 e. The van der Waals surface area contributed by atoms with E-state index in [-0.39, 0.29) is 0 Å². The molecule has 3 heterocycles. The first-order valence-electron chi connectivity index (χ1n) is 8.97. The van der Waals surface area contributed by atoms with Crippen molar-refractivity contribution in [2.45, 2.75) is 26.9 Å². The van der Waals surface area contributed by atoms with Crippen molar-refractivity contribution in [2.75, 3.05) is 0 Å². The average molecular weight is 341 g/mol. The molecule has 4 aromatic rings. The second-order valence-corrected chi connectivity index (χ2v) is 6.82. The molecule has 3 aromatic heterocycles. The zero-order chi connectivity index (χ0) is 17.9. The topological polar surface area (TPSA) is 22.8 Å². The van der Waals surface area contributed by atoms with Crippen LogP contribution in [0.3, 0.4) is 0 Å². The Bertz CT molecular complexity index is 921. The van der Waals surface area contributed by atoms with Gasteiger partial charge in [0.1, 0.15) is 0 Å². The van der Waals surface area contributed by atoms with Crippen LogP contribution in [0.15, 0.2) is 79.4 Å². The van der Waals surface area contributed by atoms with Crippen molar-refractivity contribution in [1.29, 1.82) is 0 Å². The van der Waals surface area contributed by atoms with E-state index < -0.39 is 0 Å². The number of pyridine rings is 1. The van der Waals surface area contributed by atoms with Crippen LogP contribution >= 0.6 is 0 Å². The van der Waals surface area contributed by atoms with Crippen molar-refractivity contribution in [1.82, 2.24) is 14.1 Å². The third kappa shape index (κ3) is 3.47. The Balaban J connectivity index is 1.79. The lowest BCUT2D eigenvalue weighted by atomic mass is 9.95. The maximum atomic E-state index is 4.93. The molecule has 3 heteroatoms. The molecule has 0 aliphatic heterocycles. The minimum atomic E-state index is 0.782. The Labute approximate surface area is 154 Å². The van der Waals surface area contributed by atoms with Crippen LogP contribution in [0.25, 0.3) is 11.1 Å². The van der Waals surface area contributed by atoms with Gasteiger partial charge in [0.2, 0.25) is 0 Å². The van der Waals surface area contributed by atoms with Crippen LogP contribution in [0, 0.1) is 13.8 Å². The van der Waals surface area contributed by atoms with Crippen LogP contribution in [0.5, 0.6) is 0 Å². The molecule has 1 aromatic carbocycles. The van der Waals surface area contributed by atoms with Gasteiger partial charge in [0.25, 0.3) is 0 Å². The van der Waals surface area contributed by atoms with Gasteiger partial charge in [-0.1, -0.05) is 18.2 Å². The minimum absolute atomic E-state index is 0.782. The number of rotatable bonds is 5. The van der Waals surface area contributed by atoms with E-state index in [9.17, 15) is 0 Å². The molecular formula is C23H23N3. The van der Waals surface area contributed by atoms with Gasteiger partial charge >= 0.3 is 0 Å². The SMILES string of the molecule is Cc1cccc(C)c1-c1cc(Cn2cccc2)nc(Cn2cccc2)c1. The first-order valence-corrected chi connectivity index (χ1v) is 8.97. The van der Waals surface area contributed by atoms with Gasteiger partial charge in [-0.2, -0.15) is 0 Å². The predicted octanol–water partition coefficient (Wildman–Crippen LogP) is 5.07. The van der Waals surface area contributed by atoms with Crippen LogP contribution in [-0.4, -0.2) is 14.1 Å². The Kier molecular flexibility index (Phi) is 4.44. The largest absolute Gasteiger partial charge is 0.348 e. The molecule has 0 radical (unpaired) electrons. The fourth-order valence-corrected chi connectivity index (χ4v) is 3.55. The van der Waals surface area contributed by atoms with Crippen molar-refractivity contribution in [3.8, 4) is 11.1 Å². The Morgan fingerprint density at radius 2 is 1.15 bits per heavy atom. The molecule has 0 N–H and O–H groups in total. The molecule has 0 unspecified atom stereocenters. The van der Waals surface area contributed by atoms with Gasteiger partial charge in [-0.3, -0.25) is 4.98 Å². The summed E-state index contributed by atoms with van der Waals surface area (Å²) in [5, 5.41) is 0. The van der Waals surface area contributed by atoms with Crippen LogP contribution in [0.1, 0.15) is 22.5 Å². The summed E-state index contributed by atoms with van der Waals surface area (Å²) in [6.45, 7) is 5.93. The van der Waals surface area contributed by atoms with Gasteiger partial charge in [-0.05, 0) is 72.5 Å². The maximum absolute atomic E-state index is 4.93. The molecule has 0 aliphatic carbocycles. The first-order chi connectivity index (χ1) is 12.7. The van der Waals surface area contributed by atoms with Crippen LogP contribution in [-0.2, 0) is 13.1 Å². The normalized spacial score (nSPS) is 11.0. The molecule has 0 saturated heterocycles. The quantitative estimate of drug-likeness (QED) is 0.497. The molecule has 0 saturated carbocycles. The average Bonchev–Trinajstić information content (AvgIpc) is 3.29. The fourth-order valence-electron chi connectivity index (χ4n) is 3.55. The number of nitrogens with zero attached hydrogens (tertiary/aromatic N) is 3. The van der Waals surface area contributed by atoms with E-state index in [1.54, 1.807) is 0 Å². The van der Waals surface area contributed by atoms with Gasteiger partial charge in [0.05, 0.1) is 24.5 Å². The lowest BCUT2D eigenvalue weighted by Crippen LogP contribution is -2.06. The lowest BCUT2D eigenvalue weighted by molar-refractivity contribution is 0.741. The van der Waals surface area contributed by atoms with Crippen molar-refractivity contribution in [3.63, 3.8) is 0 Å². The predicted molar refractivity (Wildman–Crippen MR) is 106 cm³/mol. The summed E-state index contributed by atoms with van der Waals surface area (Å²) >= 11 is 0. The number of aryl methyl sites for hydroxylation is 2. The number of aromatic nitrogens is 3. The minimum Gasteiger partial charge on any atom is -0.348 e. The summed E-state index contributed by atoms with van der Waals surface area (Å²) in [5.74, 6) is 0. The molecule has 4 rings (SSSR count). The second kappa shape index (κ2) is 7.04. The van der Waals surface area contributed by atoms with Crippen LogP contribution < -0.4 is 0 Å². The Morgan fingerprint density at radius 1 is 0.692 bits per heavy atom. The highest BCUT2D eigenvalue weighted by Gasteiger charge is 2.10. The van der Waals surface area contributed by atoms with Crippen molar-refractivity contribution in [3.05, 3.63) is 102 Å². The van der Waals surface area contributed by atoms with Crippen LogP contribution in [0.2, 0.25) is 0 Å². The molecule has 0 aliphatic rings. The summed E-state index contributed by atoms with van der Waals surface area (Å²) in [7, 11) is 0. The highest BCUT2D eigenvalue weighted by molar-refractivity contribution is 5.71. The van der Waals surface area contributed by atoms with E-state index in [1.807, 2.05) is 0 Å². The smallest absolute Gasteiger partial charge is 0.0643 e. The summed E-state index contributed by atoms with van der Waals surface area (Å²) < 4.78 is 4.33. The van der Waals surface area contributed by atoms with Crippen molar-refractivity contribution >= 4 is 0 Å². The van der Waals surface area contributed by atoms with Crippen molar-refractivity contribution < 1.29 is 0 Å². The summed E-state index contributed by atoms with van der Waals surface area (Å²) in [6, 6.07) is 19.2. The highest BCUT2D eigenvalue weighted by Crippen LogP contribution is 2.28. The zero-order valence-electron chi connectivity index (χ0n) is 15.3. The number of hydrogen-bond acceptors (Lipinski definition) is 1. The van der Waals surface area contributed by atoms with E-state index in [2.05, 4.69) is 102 Å². The molecule has 130 valence electrons. The van der Waals surface area contributed by atoms with Gasteiger partial charge in [0, 0.05) is 24.8 Å². The highest BCUT2D eigenvalue weighted by atomic mass is 15.0. The molecule has 26 heavy (non-hydrogen) atoms. The first kappa shape index (κ1) is 16.4. The molecular weight excluding hydrogens is 318 g/mol. The Hall–Kier alpha value is -3.07. The van der Waals surface area contributed by atoms with E-state index in [1.165, 1.54) is 22.3 Å². The summed E-state index contributed by atoms with van der Waals surface area (Å²) in [6.07, 6.45) is 8.33. The van der Waals surface area contributed by atoms with E-state index in [0.717, 1.165) is 24.5 Å². The fraction of sp³-hybridized carbons (Fsp3) is 0.174.